The molecule has 1 aromatic carbocycles. The molecule has 0 aliphatic carbocycles. The zero-order chi connectivity index (χ0) is 13.9. The van der Waals surface area contributed by atoms with Crippen LogP contribution in [0.25, 0.3) is 22.5 Å². The maximum atomic E-state index is 4.51. The predicted octanol–water partition coefficient (Wildman–Crippen LogP) is 4.43. The van der Waals surface area contributed by atoms with Crippen LogP contribution in [0.2, 0.25) is 0 Å². The molecule has 0 fully saturated rings. The van der Waals surface area contributed by atoms with Gasteiger partial charge in [0.05, 0.1) is 11.4 Å². The molecule has 0 N–H and O–H groups in total. The summed E-state index contributed by atoms with van der Waals surface area (Å²) in [5.74, 6) is 0. The topological polar surface area (TPSA) is 25.8 Å². The molecule has 3 rings (SSSR count). The smallest absolute Gasteiger partial charge is 0.0711 e. The van der Waals surface area contributed by atoms with Crippen LogP contribution in [0, 0.1) is 13.8 Å². The van der Waals surface area contributed by atoms with Gasteiger partial charge in [0.25, 0.3) is 0 Å². The highest BCUT2D eigenvalue weighted by molar-refractivity contribution is 5.83. The molecule has 2 heterocycles. The van der Waals surface area contributed by atoms with Crippen molar-refractivity contribution >= 4 is 0 Å². The van der Waals surface area contributed by atoms with E-state index in [0.717, 1.165) is 17.0 Å². The average molecular weight is 260 g/mol. The van der Waals surface area contributed by atoms with E-state index in [0.29, 0.717) is 0 Å². The summed E-state index contributed by atoms with van der Waals surface area (Å²) in [6.45, 7) is 4.27. The first-order valence-electron chi connectivity index (χ1n) is 6.70. The van der Waals surface area contributed by atoms with Crippen LogP contribution < -0.4 is 0 Å². The maximum Gasteiger partial charge on any atom is 0.0711 e. The number of aryl methyl sites for hydroxylation is 1. The average Bonchev–Trinajstić information content (AvgIpc) is 2.51. The first-order chi connectivity index (χ1) is 9.77. The van der Waals surface area contributed by atoms with Crippen LogP contribution in [0.1, 0.15) is 11.1 Å². The van der Waals surface area contributed by atoms with Crippen LogP contribution in [-0.4, -0.2) is 9.97 Å². The van der Waals surface area contributed by atoms with Crippen LogP contribution >= 0.6 is 0 Å². The van der Waals surface area contributed by atoms with E-state index < -0.39 is 0 Å². The number of rotatable bonds is 2. The minimum atomic E-state index is 0.983. The van der Waals surface area contributed by atoms with Gasteiger partial charge < -0.3 is 0 Å². The van der Waals surface area contributed by atoms with E-state index in [1.807, 2.05) is 48.8 Å². The SMILES string of the molecule is Cc1ccc(-c2ccccn2)c(-c2ccccn2)c1C. The minimum Gasteiger partial charge on any atom is -0.256 e. The first kappa shape index (κ1) is 12.5. The van der Waals surface area contributed by atoms with E-state index in [1.54, 1.807) is 0 Å². The Morgan fingerprint density at radius 2 is 1.35 bits per heavy atom. The standard InChI is InChI=1S/C18H16N2/c1-13-9-10-15(16-7-3-5-11-19-16)18(14(13)2)17-8-4-6-12-20-17/h3-12H,1-2H3. The lowest BCUT2D eigenvalue weighted by molar-refractivity contribution is 1.26. The van der Waals surface area contributed by atoms with E-state index in [9.17, 15) is 0 Å². The van der Waals surface area contributed by atoms with Gasteiger partial charge in [-0.2, -0.15) is 0 Å². The van der Waals surface area contributed by atoms with Gasteiger partial charge >= 0.3 is 0 Å². The van der Waals surface area contributed by atoms with Gasteiger partial charge in [0.15, 0.2) is 0 Å². The number of aromatic nitrogens is 2. The molecule has 0 saturated carbocycles. The summed E-state index contributed by atoms with van der Waals surface area (Å²) in [4.78, 5) is 8.99. The van der Waals surface area contributed by atoms with Crippen molar-refractivity contribution in [3.8, 4) is 22.5 Å². The molecular formula is C18H16N2. The summed E-state index contributed by atoms with van der Waals surface area (Å²) in [5, 5.41) is 0. The van der Waals surface area contributed by atoms with Gasteiger partial charge in [-0.25, -0.2) is 0 Å². The Kier molecular flexibility index (Phi) is 3.30. The van der Waals surface area contributed by atoms with Crippen molar-refractivity contribution in [2.24, 2.45) is 0 Å². The molecular weight excluding hydrogens is 244 g/mol. The Bertz CT molecular complexity index is 719. The third-order valence-corrected chi connectivity index (χ3v) is 3.60. The van der Waals surface area contributed by atoms with Crippen LogP contribution in [0.5, 0.6) is 0 Å². The fourth-order valence-electron chi connectivity index (χ4n) is 2.39. The Labute approximate surface area is 119 Å². The van der Waals surface area contributed by atoms with Crippen molar-refractivity contribution in [3.63, 3.8) is 0 Å². The van der Waals surface area contributed by atoms with Crippen molar-refractivity contribution in [2.45, 2.75) is 13.8 Å². The largest absolute Gasteiger partial charge is 0.256 e. The molecule has 0 spiro atoms. The van der Waals surface area contributed by atoms with Crippen molar-refractivity contribution in [1.29, 1.82) is 0 Å². The summed E-state index contributed by atoms with van der Waals surface area (Å²) in [5.41, 5.74) is 6.81. The number of pyridine rings is 2. The molecule has 0 atom stereocenters. The highest BCUT2D eigenvalue weighted by atomic mass is 14.7. The zero-order valence-corrected chi connectivity index (χ0v) is 11.7. The molecule has 0 aliphatic heterocycles. The van der Waals surface area contributed by atoms with Crippen molar-refractivity contribution in [2.75, 3.05) is 0 Å². The van der Waals surface area contributed by atoms with Gasteiger partial charge in [0.2, 0.25) is 0 Å². The first-order valence-corrected chi connectivity index (χ1v) is 6.70. The van der Waals surface area contributed by atoms with E-state index >= 15 is 0 Å². The second kappa shape index (κ2) is 5.25. The molecule has 0 unspecified atom stereocenters. The van der Waals surface area contributed by atoms with Crippen molar-refractivity contribution < 1.29 is 0 Å². The third kappa shape index (κ3) is 2.21. The third-order valence-electron chi connectivity index (χ3n) is 3.60. The Hall–Kier alpha value is -2.48. The van der Waals surface area contributed by atoms with Gasteiger partial charge in [-0.15, -0.1) is 0 Å². The molecule has 2 heteroatoms. The normalized spacial score (nSPS) is 10.5. The highest BCUT2D eigenvalue weighted by Crippen LogP contribution is 2.34. The van der Waals surface area contributed by atoms with Gasteiger partial charge in [-0.05, 0) is 49.2 Å². The fraction of sp³-hybridized carbons (Fsp3) is 0.111. The molecule has 0 amide bonds. The van der Waals surface area contributed by atoms with Crippen molar-refractivity contribution in [1.82, 2.24) is 9.97 Å². The number of hydrogen-bond acceptors (Lipinski definition) is 2. The molecule has 2 aromatic heterocycles. The lowest BCUT2D eigenvalue weighted by atomic mass is 9.93. The lowest BCUT2D eigenvalue weighted by Crippen LogP contribution is -1.95. The Balaban J connectivity index is 2.29. The Morgan fingerprint density at radius 1 is 0.700 bits per heavy atom. The maximum absolute atomic E-state index is 4.51. The van der Waals surface area contributed by atoms with E-state index in [4.69, 9.17) is 0 Å². The minimum absolute atomic E-state index is 0.983. The van der Waals surface area contributed by atoms with Crippen LogP contribution in [0.15, 0.2) is 60.9 Å². The monoisotopic (exact) mass is 260 g/mol. The molecule has 20 heavy (non-hydrogen) atoms. The highest BCUT2D eigenvalue weighted by Gasteiger charge is 2.13. The quantitative estimate of drug-likeness (QED) is 0.681. The fourth-order valence-corrected chi connectivity index (χ4v) is 2.39. The summed E-state index contributed by atoms with van der Waals surface area (Å²) in [6, 6.07) is 16.3. The van der Waals surface area contributed by atoms with Crippen LogP contribution in [0.3, 0.4) is 0 Å². The summed E-state index contributed by atoms with van der Waals surface area (Å²) < 4.78 is 0. The molecule has 0 radical (unpaired) electrons. The number of benzene rings is 1. The molecule has 2 nitrogen and oxygen atoms in total. The number of hydrogen-bond donors (Lipinski definition) is 0. The molecule has 98 valence electrons. The second-order valence-electron chi connectivity index (χ2n) is 4.86. The van der Waals surface area contributed by atoms with Crippen LogP contribution in [0.4, 0.5) is 0 Å². The van der Waals surface area contributed by atoms with E-state index in [2.05, 4.69) is 35.9 Å². The van der Waals surface area contributed by atoms with Gasteiger partial charge in [0.1, 0.15) is 0 Å². The van der Waals surface area contributed by atoms with E-state index in [-0.39, 0.29) is 0 Å². The predicted molar refractivity (Wildman–Crippen MR) is 82.4 cm³/mol. The Morgan fingerprint density at radius 3 is 1.95 bits per heavy atom. The van der Waals surface area contributed by atoms with Crippen LogP contribution in [-0.2, 0) is 0 Å². The summed E-state index contributed by atoms with van der Waals surface area (Å²) >= 11 is 0. The van der Waals surface area contributed by atoms with E-state index in [1.165, 1.54) is 16.7 Å². The van der Waals surface area contributed by atoms with Gasteiger partial charge in [-0.3, -0.25) is 9.97 Å². The van der Waals surface area contributed by atoms with Gasteiger partial charge in [0, 0.05) is 23.5 Å². The van der Waals surface area contributed by atoms with Crippen molar-refractivity contribution in [3.05, 3.63) is 72.1 Å². The number of nitrogens with zero attached hydrogens (tertiary/aromatic N) is 2. The zero-order valence-electron chi connectivity index (χ0n) is 11.7. The molecule has 0 aliphatic rings. The molecule has 0 saturated heterocycles. The summed E-state index contributed by atoms with van der Waals surface area (Å²) in [7, 11) is 0. The second-order valence-corrected chi connectivity index (χ2v) is 4.86. The molecule has 3 aromatic rings. The molecule has 0 bridgehead atoms. The lowest BCUT2D eigenvalue weighted by Gasteiger charge is -2.14. The van der Waals surface area contributed by atoms with Gasteiger partial charge in [-0.1, -0.05) is 24.3 Å². The summed E-state index contributed by atoms with van der Waals surface area (Å²) in [6.07, 6.45) is 3.66.